The van der Waals surface area contributed by atoms with Crippen LogP contribution in [0.4, 0.5) is 5.82 Å². The molecule has 1 aromatic carbocycles. The van der Waals surface area contributed by atoms with Gasteiger partial charge in [0.1, 0.15) is 0 Å². The first-order chi connectivity index (χ1) is 10.3. The smallest absolute Gasteiger partial charge is 0.182 e. The maximum absolute atomic E-state index is 4.41. The van der Waals surface area contributed by atoms with Crippen LogP contribution in [0.25, 0.3) is 16.6 Å². The van der Waals surface area contributed by atoms with Gasteiger partial charge >= 0.3 is 0 Å². The average molecular weight is 293 g/mol. The molecule has 0 fully saturated rings. The molecule has 21 heavy (non-hydrogen) atoms. The van der Waals surface area contributed by atoms with Crippen molar-refractivity contribution in [1.29, 1.82) is 0 Å². The molecule has 3 aromatic rings. The van der Waals surface area contributed by atoms with Gasteiger partial charge in [-0.2, -0.15) is 10.1 Å². The molecule has 0 aliphatic heterocycles. The van der Waals surface area contributed by atoms with Crippen LogP contribution in [0, 0.1) is 0 Å². The van der Waals surface area contributed by atoms with Crippen LogP contribution in [0.3, 0.4) is 0 Å². The Labute approximate surface area is 128 Å². The van der Waals surface area contributed by atoms with Crippen LogP contribution in [0.5, 0.6) is 0 Å². The van der Waals surface area contributed by atoms with Gasteiger partial charge in [0, 0.05) is 22.8 Å². The molecule has 2 heterocycles. The average Bonchev–Trinajstić information content (AvgIpc) is 2.57. The van der Waals surface area contributed by atoms with E-state index in [9.17, 15) is 0 Å². The van der Waals surface area contributed by atoms with Crippen molar-refractivity contribution >= 4 is 17.6 Å². The molecule has 0 saturated carbocycles. The van der Waals surface area contributed by atoms with Gasteiger partial charge in [-0.3, -0.25) is 0 Å². The van der Waals surface area contributed by atoms with E-state index in [2.05, 4.69) is 40.9 Å². The van der Waals surface area contributed by atoms with Crippen molar-refractivity contribution in [2.24, 2.45) is 0 Å². The fraction of sp³-hybridized carbons (Fsp3) is 0.0588. The number of benzene rings is 1. The summed E-state index contributed by atoms with van der Waals surface area (Å²) >= 11 is 1.74. The van der Waals surface area contributed by atoms with Gasteiger partial charge in [-0.05, 0) is 29.5 Å². The summed E-state index contributed by atoms with van der Waals surface area (Å²) in [6.45, 7) is 0. The largest absolute Gasteiger partial charge is 0.438 e. The van der Waals surface area contributed by atoms with Crippen LogP contribution in [0.2, 0.25) is 0 Å². The molecular weight excluding hydrogens is 278 g/mol. The van der Waals surface area contributed by atoms with Crippen molar-refractivity contribution < 1.29 is 4.68 Å². The lowest BCUT2D eigenvalue weighted by Gasteiger charge is -2.10. The molecule has 2 aromatic heterocycles. The molecule has 0 aliphatic rings. The second-order valence-corrected chi connectivity index (χ2v) is 5.37. The summed E-state index contributed by atoms with van der Waals surface area (Å²) in [6.07, 6.45) is 7.71. The fourth-order valence-corrected chi connectivity index (χ4v) is 2.38. The molecule has 4 heteroatoms. The third-order valence-electron chi connectivity index (χ3n) is 3.09. The zero-order valence-electron chi connectivity index (χ0n) is 11.7. The Morgan fingerprint density at radius 3 is 2.24 bits per heavy atom. The number of rotatable bonds is 4. The minimum atomic E-state index is 0.690. The van der Waals surface area contributed by atoms with E-state index in [1.165, 1.54) is 10.5 Å². The number of hydrogen-bond acceptors (Lipinski definition) is 2. The lowest BCUT2D eigenvalue weighted by molar-refractivity contribution is -0.619. The van der Waals surface area contributed by atoms with Crippen LogP contribution in [0.15, 0.2) is 78.1 Å². The van der Waals surface area contributed by atoms with Crippen molar-refractivity contribution in [3.8, 4) is 11.1 Å². The third-order valence-corrected chi connectivity index (χ3v) is 3.83. The second-order valence-electron chi connectivity index (χ2n) is 4.49. The van der Waals surface area contributed by atoms with Crippen molar-refractivity contribution in [3.05, 3.63) is 78.6 Å². The Bertz CT molecular complexity index is 694. The SMILES string of the molecule is CSc1ccc(-c2ccc([N-][n+]3ccccc3)nc2)cc1. The Morgan fingerprint density at radius 2 is 1.62 bits per heavy atom. The van der Waals surface area contributed by atoms with E-state index >= 15 is 0 Å². The molecule has 0 N–H and O–H groups in total. The van der Waals surface area contributed by atoms with Gasteiger partial charge in [-0.1, -0.05) is 36.5 Å². The van der Waals surface area contributed by atoms with E-state index < -0.39 is 0 Å². The maximum atomic E-state index is 4.41. The summed E-state index contributed by atoms with van der Waals surface area (Å²) in [7, 11) is 0. The first kappa shape index (κ1) is 13.6. The number of thioether (sulfide) groups is 1. The van der Waals surface area contributed by atoms with Crippen LogP contribution in [-0.4, -0.2) is 11.2 Å². The van der Waals surface area contributed by atoms with E-state index in [1.54, 1.807) is 16.4 Å². The van der Waals surface area contributed by atoms with Gasteiger partial charge < -0.3 is 4.98 Å². The molecule has 3 nitrogen and oxygen atoms in total. The minimum absolute atomic E-state index is 0.690. The number of hydrogen-bond donors (Lipinski definition) is 0. The van der Waals surface area contributed by atoms with Gasteiger partial charge in [-0.15, -0.1) is 11.8 Å². The summed E-state index contributed by atoms with van der Waals surface area (Å²) in [4.78, 5) is 5.66. The maximum Gasteiger partial charge on any atom is 0.182 e. The van der Waals surface area contributed by atoms with Gasteiger partial charge in [0.05, 0.1) is 0 Å². The molecule has 0 atom stereocenters. The monoisotopic (exact) mass is 293 g/mol. The van der Waals surface area contributed by atoms with E-state index in [0.717, 1.165) is 5.56 Å². The van der Waals surface area contributed by atoms with Crippen molar-refractivity contribution in [3.63, 3.8) is 0 Å². The topological polar surface area (TPSA) is 30.9 Å². The van der Waals surface area contributed by atoms with Crippen molar-refractivity contribution in [2.75, 3.05) is 6.26 Å². The van der Waals surface area contributed by atoms with Gasteiger partial charge in [0.15, 0.2) is 12.4 Å². The normalized spacial score (nSPS) is 10.3. The molecule has 0 radical (unpaired) electrons. The zero-order valence-corrected chi connectivity index (χ0v) is 12.5. The molecular formula is C17H15N3S. The van der Waals surface area contributed by atoms with Crippen molar-refractivity contribution in [2.45, 2.75) is 4.90 Å². The first-order valence-corrected chi connectivity index (χ1v) is 7.86. The molecule has 0 aliphatic carbocycles. The Hall–Kier alpha value is -2.33. The van der Waals surface area contributed by atoms with Gasteiger partial charge in [0.2, 0.25) is 0 Å². The number of nitrogens with zero attached hydrogens (tertiary/aromatic N) is 3. The highest BCUT2D eigenvalue weighted by Gasteiger charge is 1.98. The predicted octanol–water partition coefficient (Wildman–Crippen LogP) is 4.23. The van der Waals surface area contributed by atoms with Crippen molar-refractivity contribution in [1.82, 2.24) is 4.98 Å². The quantitative estimate of drug-likeness (QED) is 0.532. The highest BCUT2D eigenvalue weighted by Crippen LogP contribution is 2.24. The van der Waals surface area contributed by atoms with E-state index in [1.807, 2.05) is 48.9 Å². The zero-order chi connectivity index (χ0) is 14.5. The highest BCUT2D eigenvalue weighted by atomic mass is 32.2. The molecule has 0 saturated heterocycles. The summed E-state index contributed by atoms with van der Waals surface area (Å²) < 4.78 is 1.75. The van der Waals surface area contributed by atoms with Crippen LogP contribution in [-0.2, 0) is 0 Å². The fourth-order valence-electron chi connectivity index (χ4n) is 1.97. The summed E-state index contributed by atoms with van der Waals surface area (Å²) in [5.74, 6) is 0.690. The number of pyridine rings is 2. The molecule has 0 unspecified atom stereocenters. The standard InChI is InChI=1S/C17H15N3S/c1-21-16-8-5-14(6-9-16)15-7-10-17(18-13-15)19-20-11-3-2-4-12-20/h2-13H,1H3. The highest BCUT2D eigenvalue weighted by molar-refractivity contribution is 7.98. The minimum Gasteiger partial charge on any atom is -0.438 e. The summed E-state index contributed by atoms with van der Waals surface area (Å²) in [6, 6.07) is 18.3. The molecule has 0 amide bonds. The van der Waals surface area contributed by atoms with Gasteiger partial charge in [0.25, 0.3) is 0 Å². The third kappa shape index (κ3) is 3.41. The van der Waals surface area contributed by atoms with E-state index in [4.69, 9.17) is 0 Å². The summed E-state index contributed by atoms with van der Waals surface area (Å²) in [5, 5.41) is 0. The lowest BCUT2D eigenvalue weighted by atomic mass is 10.1. The Morgan fingerprint density at radius 1 is 0.905 bits per heavy atom. The Kier molecular flexibility index (Phi) is 4.17. The number of aromatic nitrogens is 2. The van der Waals surface area contributed by atoms with Gasteiger partial charge in [-0.25, -0.2) is 0 Å². The molecule has 0 bridgehead atoms. The first-order valence-electron chi connectivity index (χ1n) is 6.64. The van der Waals surface area contributed by atoms with E-state index in [0.29, 0.717) is 5.82 Å². The van der Waals surface area contributed by atoms with Crippen LogP contribution < -0.4 is 4.68 Å². The second kappa shape index (κ2) is 6.41. The Balaban J connectivity index is 1.77. The lowest BCUT2D eigenvalue weighted by Crippen LogP contribution is -2.26. The van der Waals surface area contributed by atoms with E-state index in [-0.39, 0.29) is 0 Å². The molecule has 104 valence electrons. The van der Waals surface area contributed by atoms with Crippen LogP contribution >= 0.6 is 11.8 Å². The molecule has 0 spiro atoms. The summed E-state index contributed by atoms with van der Waals surface area (Å²) in [5.41, 5.74) is 6.67. The molecule has 3 rings (SSSR count). The predicted molar refractivity (Wildman–Crippen MR) is 86.5 cm³/mol. The van der Waals surface area contributed by atoms with Crippen LogP contribution in [0.1, 0.15) is 0 Å².